The van der Waals surface area contributed by atoms with E-state index in [0.29, 0.717) is 16.9 Å². The highest BCUT2D eigenvalue weighted by molar-refractivity contribution is 7.93. The summed E-state index contributed by atoms with van der Waals surface area (Å²) >= 11 is 1.16. The lowest BCUT2D eigenvalue weighted by Crippen LogP contribution is -2.15. The predicted octanol–water partition coefficient (Wildman–Crippen LogP) is 2.96. The van der Waals surface area contributed by atoms with Gasteiger partial charge < -0.3 is 5.32 Å². The van der Waals surface area contributed by atoms with Crippen molar-refractivity contribution in [1.29, 1.82) is 0 Å². The maximum absolute atomic E-state index is 12.4. The Labute approximate surface area is 178 Å². The minimum absolute atomic E-state index is 0.0308. The van der Waals surface area contributed by atoms with Gasteiger partial charge in [0, 0.05) is 28.5 Å². The average molecular weight is 467 g/mol. The molecule has 3 aromatic rings. The number of nitrogens with zero attached hydrogens (tertiary/aromatic N) is 1. The molecule has 158 valence electrons. The number of carbonyl (C=O) groups is 1. The lowest BCUT2D eigenvalue weighted by atomic mass is 10.2. The lowest BCUT2D eigenvalue weighted by Gasteiger charge is -2.09. The SMILES string of the molecule is CCS(=O)(=O)Nc1ccc(C(=O)Nc2ccc(S(=O)(=O)Nc3nccs3)cc2)cc1. The van der Waals surface area contributed by atoms with E-state index in [-0.39, 0.29) is 15.8 Å². The van der Waals surface area contributed by atoms with Crippen LogP contribution in [0.2, 0.25) is 0 Å². The third-order valence-corrected chi connectivity index (χ3v) is 7.36. The summed E-state index contributed by atoms with van der Waals surface area (Å²) in [6.45, 7) is 1.52. The summed E-state index contributed by atoms with van der Waals surface area (Å²) in [5.74, 6) is -0.475. The van der Waals surface area contributed by atoms with Gasteiger partial charge in [0.15, 0.2) is 5.13 Å². The molecule has 0 fully saturated rings. The van der Waals surface area contributed by atoms with Crippen molar-refractivity contribution >= 4 is 53.8 Å². The van der Waals surface area contributed by atoms with Crippen LogP contribution in [-0.2, 0) is 20.0 Å². The van der Waals surface area contributed by atoms with E-state index in [9.17, 15) is 21.6 Å². The zero-order valence-corrected chi connectivity index (χ0v) is 18.1. The fourth-order valence-electron chi connectivity index (χ4n) is 2.31. The van der Waals surface area contributed by atoms with Crippen LogP contribution in [0.5, 0.6) is 0 Å². The number of sulfonamides is 2. The zero-order valence-electron chi connectivity index (χ0n) is 15.7. The average Bonchev–Trinajstić information content (AvgIpc) is 3.21. The first kappa shape index (κ1) is 21.7. The molecular weight excluding hydrogens is 448 g/mol. The fraction of sp³-hybridized carbons (Fsp3) is 0.111. The number of benzene rings is 2. The van der Waals surface area contributed by atoms with Crippen LogP contribution >= 0.6 is 11.3 Å². The summed E-state index contributed by atoms with van der Waals surface area (Å²) in [4.78, 5) is 16.3. The van der Waals surface area contributed by atoms with Gasteiger partial charge >= 0.3 is 0 Å². The molecule has 0 bridgehead atoms. The minimum Gasteiger partial charge on any atom is -0.322 e. The first-order valence-corrected chi connectivity index (χ1v) is 12.6. The van der Waals surface area contributed by atoms with E-state index < -0.39 is 26.0 Å². The lowest BCUT2D eigenvalue weighted by molar-refractivity contribution is 0.102. The number of hydrogen-bond acceptors (Lipinski definition) is 7. The molecule has 9 nitrogen and oxygen atoms in total. The van der Waals surface area contributed by atoms with E-state index in [1.165, 1.54) is 61.7 Å². The maximum Gasteiger partial charge on any atom is 0.263 e. The van der Waals surface area contributed by atoms with Crippen LogP contribution in [0.25, 0.3) is 0 Å². The molecule has 30 heavy (non-hydrogen) atoms. The Morgan fingerprint density at radius 2 is 1.57 bits per heavy atom. The zero-order chi connectivity index (χ0) is 21.8. The van der Waals surface area contributed by atoms with Crippen LogP contribution in [-0.4, -0.2) is 33.5 Å². The standard InChI is InChI=1S/C18H18N4O5S3/c1-2-29(24,25)21-15-5-3-13(4-6-15)17(23)20-14-7-9-16(10-8-14)30(26,27)22-18-19-11-12-28-18/h3-12,21H,2H2,1H3,(H,19,22)(H,20,23). The van der Waals surface area contributed by atoms with Crippen LogP contribution in [0, 0.1) is 0 Å². The molecule has 1 amide bonds. The molecule has 0 radical (unpaired) electrons. The van der Waals surface area contributed by atoms with E-state index in [1.54, 1.807) is 5.38 Å². The molecule has 0 spiro atoms. The second-order valence-corrected chi connectivity index (χ2v) is 10.6. The molecule has 1 heterocycles. The van der Waals surface area contributed by atoms with Gasteiger partial charge in [-0.25, -0.2) is 21.8 Å². The Kier molecular flexibility index (Phi) is 6.39. The maximum atomic E-state index is 12.4. The van der Waals surface area contributed by atoms with Crippen LogP contribution < -0.4 is 14.8 Å². The number of rotatable bonds is 8. The second kappa shape index (κ2) is 8.81. The third-order valence-electron chi connectivity index (χ3n) is 3.88. The molecule has 0 saturated heterocycles. The number of aromatic nitrogens is 1. The van der Waals surface area contributed by atoms with Gasteiger partial charge in [0.2, 0.25) is 10.0 Å². The Balaban J connectivity index is 1.66. The van der Waals surface area contributed by atoms with Crippen LogP contribution in [0.4, 0.5) is 16.5 Å². The van der Waals surface area contributed by atoms with Crippen molar-refractivity contribution < 1.29 is 21.6 Å². The van der Waals surface area contributed by atoms with Crippen molar-refractivity contribution in [2.45, 2.75) is 11.8 Å². The largest absolute Gasteiger partial charge is 0.322 e. The molecule has 0 aliphatic carbocycles. The summed E-state index contributed by atoms with van der Waals surface area (Å²) in [5, 5.41) is 4.57. The predicted molar refractivity (Wildman–Crippen MR) is 117 cm³/mol. The van der Waals surface area contributed by atoms with Crippen molar-refractivity contribution in [3.63, 3.8) is 0 Å². The summed E-state index contributed by atoms with van der Waals surface area (Å²) in [6, 6.07) is 11.6. The Morgan fingerprint density at radius 1 is 0.933 bits per heavy atom. The smallest absolute Gasteiger partial charge is 0.263 e. The molecule has 1 aromatic heterocycles. The highest BCUT2D eigenvalue weighted by Crippen LogP contribution is 2.20. The van der Waals surface area contributed by atoms with Crippen molar-refractivity contribution in [3.8, 4) is 0 Å². The van der Waals surface area contributed by atoms with Crippen LogP contribution in [0.1, 0.15) is 17.3 Å². The Bertz CT molecular complexity index is 1220. The summed E-state index contributed by atoms with van der Waals surface area (Å²) < 4.78 is 52.6. The molecule has 3 N–H and O–H groups in total. The first-order chi connectivity index (χ1) is 14.2. The highest BCUT2D eigenvalue weighted by atomic mass is 32.2. The molecule has 12 heteroatoms. The van der Waals surface area contributed by atoms with Gasteiger partial charge in [-0.05, 0) is 55.5 Å². The number of anilines is 3. The topological polar surface area (TPSA) is 134 Å². The van der Waals surface area contributed by atoms with E-state index in [0.717, 1.165) is 11.3 Å². The molecular formula is C18H18N4O5S3. The molecule has 0 unspecified atom stereocenters. The number of thiazole rings is 1. The monoisotopic (exact) mass is 466 g/mol. The Hall–Kier alpha value is -2.96. The summed E-state index contributed by atoms with van der Waals surface area (Å²) in [7, 11) is -7.17. The molecule has 3 rings (SSSR count). The van der Waals surface area contributed by atoms with Gasteiger partial charge in [-0.15, -0.1) is 11.3 Å². The van der Waals surface area contributed by atoms with E-state index in [2.05, 4.69) is 19.7 Å². The Morgan fingerprint density at radius 3 is 2.13 bits per heavy atom. The van der Waals surface area contributed by atoms with Gasteiger partial charge in [-0.1, -0.05) is 0 Å². The highest BCUT2D eigenvalue weighted by Gasteiger charge is 2.16. The van der Waals surface area contributed by atoms with Crippen LogP contribution in [0.15, 0.2) is 65.0 Å². The summed E-state index contributed by atoms with van der Waals surface area (Å²) in [6.07, 6.45) is 1.49. The van der Waals surface area contributed by atoms with Crippen molar-refractivity contribution in [2.75, 3.05) is 20.5 Å². The molecule has 0 saturated carbocycles. The van der Waals surface area contributed by atoms with Gasteiger partial charge in [-0.2, -0.15) is 0 Å². The summed E-state index contributed by atoms with van der Waals surface area (Å²) in [5.41, 5.74) is 1.08. The van der Waals surface area contributed by atoms with E-state index in [4.69, 9.17) is 0 Å². The van der Waals surface area contributed by atoms with Gasteiger partial charge in [0.25, 0.3) is 15.9 Å². The molecule has 2 aromatic carbocycles. The van der Waals surface area contributed by atoms with Gasteiger partial charge in [0.05, 0.1) is 10.6 Å². The number of carbonyl (C=O) groups excluding carboxylic acids is 1. The third kappa shape index (κ3) is 5.55. The van der Waals surface area contributed by atoms with E-state index in [1.807, 2.05) is 0 Å². The quantitative estimate of drug-likeness (QED) is 0.467. The van der Waals surface area contributed by atoms with Gasteiger partial charge in [-0.3, -0.25) is 14.2 Å². The first-order valence-electron chi connectivity index (χ1n) is 8.63. The number of hydrogen-bond donors (Lipinski definition) is 3. The van der Waals surface area contributed by atoms with Crippen molar-refractivity contribution in [2.24, 2.45) is 0 Å². The number of amides is 1. The second-order valence-electron chi connectivity index (χ2n) is 6.00. The minimum atomic E-state index is -3.77. The van der Waals surface area contributed by atoms with Gasteiger partial charge in [0.1, 0.15) is 0 Å². The normalized spacial score (nSPS) is 11.6. The number of nitrogens with one attached hydrogen (secondary N) is 3. The molecule has 0 aliphatic rings. The molecule has 0 atom stereocenters. The van der Waals surface area contributed by atoms with Crippen molar-refractivity contribution in [3.05, 3.63) is 65.7 Å². The molecule has 0 aliphatic heterocycles. The fourth-order valence-corrected chi connectivity index (χ4v) is 4.74. The van der Waals surface area contributed by atoms with Crippen LogP contribution in [0.3, 0.4) is 0 Å². The van der Waals surface area contributed by atoms with Crippen molar-refractivity contribution in [1.82, 2.24) is 4.98 Å². The van der Waals surface area contributed by atoms with E-state index >= 15 is 0 Å².